The predicted octanol–water partition coefficient (Wildman–Crippen LogP) is 4.75. The van der Waals surface area contributed by atoms with E-state index in [4.69, 9.17) is 9.47 Å². The maximum Gasteiger partial charge on any atom is 0.277 e. The molecule has 154 valence electrons. The standard InChI is InChI=1S/C23H21BrN2O4/c1-2-29-21-13-19(24)12-18(23(21)28)14-25-26-22(27)15-30-20-10-8-17(9-11-20)16-6-4-3-5-7-16/h3-14,28H,2,15H2,1H3,(H,26,27). The van der Waals surface area contributed by atoms with E-state index in [2.05, 4.69) is 26.5 Å². The second-order valence-electron chi connectivity index (χ2n) is 6.25. The number of carbonyl (C=O) groups is 1. The summed E-state index contributed by atoms with van der Waals surface area (Å²) in [5.41, 5.74) is 4.96. The molecule has 0 aliphatic carbocycles. The summed E-state index contributed by atoms with van der Waals surface area (Å²) < 4.78 is 11.6. The molecular formula is C23H21BrN2O4. The van der Waals surface area contributed by atoms with Crippen LogP contribution in [0.3, 0.4) is 0 Å². The van der Waals surface area contributed by atoms with Gasteiger partial charge in [0.1, 0.15) is 5.75 Å². The van der Waals surface area contributed by atoms with Gasteiger partial charge >= 0.3 is 0 Å². The third kappa shape index (κ3) is 5.84. The number of amides is 1. The van der Waals surface area contributed by atoms with Gasteiger partial charge in [0, 0.05) is 10.0 Å². The minimum Gasteiger partial charge on any atom is -0.504 e. The van der Waals surface area contributed by atoms with E-state index in [9.17, 15) is 9.90 Å². The van der Waals surface area contributed by atoms with Crippen LogP contribution in [0.15, 0.2) is 76.3 Å². The molecule has 0 saturated heterocycles. The quantitative estimate of drug-likeness (QED) is 0.369. The molecule has 6 nitrogen and oxygen atoms in total. The van der Waals surface area contributed by atoms with E-state index in [0.29, 0.717) is 23.7 Å². The van der Waals surface area contributed by atoms with Crippen LogP contribution in [0.25, 0.3) is 11.1 Å². The molecule has 0 aromatic heterocycles. The van der Waals surface area contributed by atoms with Crippen LogP contribution in [-0.2, 0) is 4.79 Å². The van der Waals surface area contributed by atoms with Crippen molar-refractivity contribution in [2.75, 3.05) is 13.2 Å². The number of ether oxygens (including phenoxy) is 2. The van der Waals surface area contributed by atoms with E-state index in [1.165, 1.54) is 6.21 Å². The van der Waals surface area contributed by atoms with Gasteiger partial charge in [-0.1, -0.05) is 58.4 Å². The molecule has 2 N–H and O–H groups in total. The predicted molar refractivity (Wildman–Crippen MR) is 120 cm³/mol. The molecular weight excluding hydrogens is 448 g/mol. The van der Waals surface area contributed by atoms with Gasteiger partial charge in [0.05, 0.1) is 12.8 Å². The van der Waals surface area contributed by atoms with Crippen LogP contribution in [-0.4, -0.2) is 30.4 Å². The number of phenols is 1. The van der Waals surface area contributed by atoms with E-state index in [0.717, 1.165) is 15.6 Å². The molecule has 0 bridgehead atoms. The molecule has 0 spiro atoms. The zero-order valence-electron chi connectivity index (χ0n) is 16.3. The molecule has 0 aliphatic rings. The highest BCUT2D eigenvalue weighted by Gasteiger charge is 2.09. The zero-order chi connectivity index (χ0) is 21.3. The lowest BCUT2D eigenvalue weighted by atomic mass is 10.1. The third-order valence-electron chi connectivity index (χ3n) is 4.09. The average molecular weight is 469 g/mol. The van der Waals surface area contributed by atoms with Crippen molar-refractivity contribution in [2.45, 2.75) is 6.92 Å². The average Bonchev–Trinajstić information content (AvgIpc) is 2.76. The first kappa shape index (κ1) is 21.4. The Morgan fingerprint density at radius 2 is 1.77 bits per heavy atom. The van der Waals surface area contributed by atoms with E-state index >= 15 is 0 Å². The van der Waals surface area contributed by atoms with Crippen molar-refractivity contribution in [2.24, 2.45) is 5.10 Å². The van der Waals surface area contributed by atoms with Crippen LogP contribution in [0.5, 0.6) is 17.2 Å². The maximum absolute atomic E-state index is 12.0. The number of hydrogen-bond acceptors (Lipinski definition) is 5. The first-order chi connectivity index (χ1) is 14.6. The number of benzene rings is 3. The Morgan fingerprint density at radius 1 is 1.07 bits per heavy atom. The van der Waals surface area contributed by atoms with Crippen molar-refractivity contribution in [3.05, 3.63) is 76.8 Å². The van der Waals surface area contributed by atoms with Crippen molar-refractivity contribution >= 4 is 28.1 Å². The van der Waals surface area contributed by atoms with Crippen LogP contribution in [0.4, 0.5) is 0 Å². The minimum atomic E-state index is -0.419. The fourth-order valence-corrected chi connectivity index (χ4v) is 3.14. The van der Waals surface area contributed by atoms with Gasteiger partial charge in [-0.25, -0.2) is 5.43 Å². The van der Waals surface area contributed by atoms with E-state index in [-0.39, 0.29) is 12.4 Å². The van der Waals surface area contributed by atoms with E-state index in [1.807, 2.05) is 61.5 Å². The van der Waals surface area contributed by atoms with Gasteiger partial charge in [0.15, 0.2) is 18.1 Å². The Balaban J connectivity index is 1.53. The number of hydrogen-bond donors (Lipinski definition) is 2. The van der Waals surface area contributed by atoms with Crippen LogP contribution in [0.1, 0.15) is 12.5 Å². The van der Waals surface area contributed by atoms with E-state index < -0.39 is 5.91 Å². The highest BCUT2D eigenvalue weighted by atomic mass is 79.9. The Labute approximate surface area is 183 Å². The largest absolute Gasteiger partial charge is 0.504 e. The number of phenolic OH excluding ortho intramolecular Hbond substituents is 1. The van der Waals surface area contributed by atoms with Gasteiger partial charge in [-0.3, -0.25) is 4.79 Å². The molecule has 0 heterocycles. The summed E-state index contributed by atoms with van der Waals surface area (Å²) in [5, 5.41) is 14.1. The molecule has 0 atom stereocenters. The molecule has 0 saturated carbocycles. The number of nitrogens with zero attached hydrogens (tertiary/aromatic N) is 1. The number of hydrazone groups is 1. The summed E-state index contributed by atoms with van der Waals surface area (Å²) in [4.78, 5) is 12.0. The molecule has 0 fully saturated rings. The van der Waals surface area contributed by atoms with Crippen molar-refractivity contribution in [3.63, 3.8) is 0 Å². The van der Waals surface area contributed by atoms with Crippen molar-refractivity contribution in [1.29, 1.82) is 0 Å². The third-order valence-corrected chi connectivity index (χ3v) is 4.55. The lowest BCUT2D eigenvalue weighted by Gasteiger charge is -2.09. The van der Waals surface area contributed by atoms with Crippen LogP contribution in [0, 0.1) is 0 Å². The van der Waals surface area contributed by atoms with E-state index in [1.54, 1.807) is 12.1 Å². The Morgan fingerprint density at radius 3 is 2.47 bits per heavy atom. The van der Waals surface area contributed by atoms with Gasteiger partial charge in [-0.15, -0.1) is 0 Å². The van der Waals surface area contributed by atoms with Crippen LogP contribution < -0.4 is 14.9 Å². The molecule has 0 unspecified atom stereocenters. The van der Waals surface area contributed by atoms with Crippen molar-refractivity contribution in [1.82, 2.24) is 5.43 Å². The van der Waals surface area contributed by atoms with Crippen molar-refractivity contribution in [3.8, 4) is 28.4 Å². The zero-order valence-corrected chi connectivity index (χ0v) is 17.9. The molecule has 3 rings (SSSR count). The minimum absolute atomic E-state index is 0.0483. The monoisotopic (exact) mass is 468 g/mol. The smallest absolute Gasteiger partial charge is 0.277 e. The summed E-state index contributed by atoms with van der Waals surface area (Å²) in [6, 6.07) is 20.8. The Kier molecular flexibility index (Phi) is 7.45. The first-order valence-electron chi connectivity index (χ1n) is 9.32. The van der Waals surface area contributed by atoms with Crippen LogP contribution in [0.2, 0.25) is 0 Å². The summed E-state index contributed by atoms with van der Waals surface area (Å²) in [7, 11) is 0. The SMILES string of the molecule is CCOc1cc(Br)cc(C=NNC(=O)COc2ccc(-c3ccccc3)cc2)c1O. The number of rotatable bonds is 8. The summed E-state index contributed by atoms with van der Waals surface area (Å²) in [6.45, 7) is 2.06. The van der Waals surface area contributed by atoms with Gasteiger partial charge in [0.2, 0.25) is 0 Å². The number of halogens is 1. The highest BCUT2D eigenvalue weighted by molar-refractivity contribution is 9.10. The summed E-state index contributed by atoms with van der Waals surface area (Å²) >= 11 is 3.35. The second kappa shape index (κ2) is 10.5. The number of carbonyl (C=O) groups excluding carboxylic acids is 1. The molecule has 0 radical (unpaired) electrons. The fourth-order valence-electron chi connectivity index (χ4n) is 2.69. The topological polar surface area (TPSA) is 80.2 Å². The van der Waals surface area contributed by atoms with Crippen LogP contribution >= 0.6 is 15.9 Å². The Bertz CT molecular complexity index is 1020. The fraction of sp³-hybridized carbons (Fsp3) is 0.130. The summed E-state index contributed by atoms with van der Waals surface area (Å²) in [6.07, 6.45) is 1.34. The normalized spacial score (nSPS) is 10.7. The number of nitrogens with one attached hydrogen (secondary N) is 1. The number of aromatic hydroxyl groups is 1. The molecule has 30 heavy (non-hydrogen) atoms. The van der Waals surface area contributed by atoms with Gasteiger partial charge in [-0.05, 0) is 42.3 Å². The molecule has 3 aromatic rings. The molecule has 0 aliphatic heterocycles. The van der Waals surface area contributed by atoms with Gasteiger partial charge < -0.3 is 14.6 Å². The second-order valence-corrected chi connectivity index (χ2v) is 7.16. The molecule has 1 amide bonds. The van der Waals surface area contributed by atoms with Gasteiger partial charge in [0.25, 0.3) is 5.91 Å². The first-order valence-corrected chi connectivity index (χ1v) is 10.1. The molecule has 7 heteroatoms. The van der Waals surface area contributed by atoms with Gasteiger partial charge in [-0.2, -0.15) is 5.10 Å². The highest BCUT2D eigenvalue weighted by Crippen LogP contribution is 2.32. The van der Waals surface area contributed by atoms with Crippen molar-refractivity contribution < 1.29 is 19.4 Å². The lowest BCUT2D eigenvalue weighted by molar-refractivity contribution is -0.123. The summed E-state index contributed by atoms with van der Waals surface area (Å²) in [5.74, 6) is 0.451. The maximum atomic E-state index is 12.0. The lowest BCUT2D eigenvalue weighted by Crippen LogP contribution is -2.24. The molecule has 3 aromatic carbocycles. The Hall–Kier alpha value is -3.32.